The van der Waals surface area contributed by atoms with Gasteiger partial charge >= 0.3 is 6.09 Å². The molecule has 0 spiro atoms. The van der Waals surface area contributed by atoms with Crippen molar-refractivity contribution in [1.29, 1.82) is 0 Å². The predicted molar refractivity (Wildman–Crippen MR) is 128 cm³/mol. The van der Waals surface area contributed by atoms with Crippen LogP contribution in [-0.2, 0) is 19.1 Å². The normalized spacial score (nSPS) is 23.3. The van der Waals surface area contributed by atoms with Crippen LogP contribution >= 0.6 is 0 Å². The molecule has 1 aromatic carbocycles. The van der Waals surface area contributed by atoms with E-state index in [1.54, 1.807) is 23.1 Å². The fraction of sp³-hybridized carbons (Fsp3) is 0.583. The van der Waals surface area contributed by atoms with Crippen molar-refractivity contribution in [3.63, 3.8) is 0 Å². The number of hydrogen-bond acceptors (Lipinski definition) is 7. The fourth-order valence-corrected chi connectivity index (χ4v) is 4.30. The number of benzene rings is 1. The first-order valence-corrected chi connectivity index (χ1v) is 11.9. The molecule has 0 aromatic heterocycles. The van der Waals surface area contributed by atoms with Crippen molar-refractivity contribution >= 4 is 35.2 Å². The lowest BCUT2D eigenvalue weighted by molar-refractivity contribution is -0.133. The maximum atomic E-state index is 12.8. The lowest BCUT2D eigenvalue weighted by Crippen LogP contribution is -2.59. The third-order valence-corrected chi connectivity index (χ3v) is 6.14. The number of anilines is 2. The molecule has 2 fully saturated rings. The van der Waals surface area contributed by atoms with Gasteiger partial charge in [-0.3, -0.25) is 24.6 Å². The number of unbranched alkanes of at least 4 members (excludes halogenated alkanes) is 1. The molecule has 10 nitrogen and oxygen atoms in total. The molecule has 4 amide bonds. The van der Waals surface area contributed by atoms with Gasteiger partial charge in [0.05, 0.1) is 13.2 Å². The number of imide groups is 1. The Morgan fingerprint density at radius 2 is 1.85 bits per heavy atom. The first-order chi connectivity index (χ1) is 16.3. The van der Waals surface area contributed by atoms with Crippen LogP contribution in [0.15, 0.2) is 24.3 Å². The summed E-state index contributed by atoms with van der Waals surface area (Å²) in [5.74, 6) is -0.764. The molecular formula is C24H35N5O5. The van der Waals surface area contributed by atoms with Gasteiger partial charge in [-0.25, -0.2) is 4.79 Å². The van der Waals surface area contributed by atoms with Crippen LogP contribution in [0.4, 0.5) is 16.2 Å². The first-order valence-electron chi connectivity index (χ1n) is 11.9. The maximum absolute atomic E-state index is 12.8. The Morgan fingerprint density at radius 3 is 2.53 bits per heavy atom. The molecule has 1 aromatic rings. The summed E-state index contributed by atoms with van der Waals surface area (Å²) in [6, 6.07) is 6.67. The van der Waals surface area contributed by atoms with Gasteiger partial charge in [0.2, 0.25) is 17.7 Å². The van der Waals surface area contributed by atoms with Crippen LogP contribution in [0.3, 0.4) is 0 Å². The van der Waals surface area contributed by atoms with Gasteiger partial charge in [0.25, 0.3) is 0 Å². The second kappa shape index (κ2) is 11.8. The van der Waals surface area contributed by atoms with E-state index in [0.29, 0.717) is 43.9 Å². The van der Waals surface area contributed by atoms with E-state index >= 15 is 0 Å². The summed E-state index contributed by atoms with van der Waals surface area (Å²) in [6.07, 6.45) is 2.24. The largest absolute Gasteiger partial charge is 0.449 e. The quantitative estimate of drug-likeness (QED) is 0.391. The molecule has 0 aliphatic carbocycles. The number of hydrogen-bond donors (Lipinski definition) is 3. The maximum Gasteiger partial charge on any atom is 0.409 e. The summed E-state index contributed by atoms with van der Waals surface area (Å²) < 4.78 is 5.33. The van der Waals surface area contributed by atoms with Gasteiger partial charge in [-0.2, -0.15) is 0 Å². The minimum atomic E-state index is -0.490. The number of ether oxygens (including phenoxy) is 1. The minimum absolute atomic E-state index is 0.00810. The molecule has 2 heterocycles. The van der Waals surface area contributed by atoms with E-state index in [1.807, 2.05) is 26.8 Å². The Labute approximate surface area is 200 Å². The van der Waals surface area contributed by atoms with E-state index in [0.717, 1.165) is 12.8 Å². The molecule has 0 saturated carbocycles. The number of rotatable bonds is 8. The van der Waals surface area contributed by atoms with Crippen molar-refractivity contribution in [2.75, 3.05) is 36.9 Å². The molecule has 3 rings (SSSR count). The number of piperidine rings is 1. The monoisotopic (exact) mass is 473 g/mol. The van der Waals surface area contributed by atoms with E-state index in [4.69, 9.17) is 4.74 Å². The van der Waals surface area contributed by atoms with Crippen molar-refractivity contribution in [3.8, 4) is 0 Å². The molecular weight excluding hydrogens is 438 g/mol. The molecule has 34 heavy (non-hydrogen) atoms. The van der Waals surface area contributed by atoms with Crippen LogP contribution in [0.25, 0.3) is 0 Å². The minimum Gasteiger partial charge on any atom is -0.449 e. The van der Waals surface area contributed by atoms with Crippen LogP contribution in [-0.4, -0.2) is 78.0 Å². The molecule has 2 aliphatic rings. The van der Waals surface area contributed by atoms with Crippen LogP contribution in [0, 0.1) is 0 Å². The third-order valence-electron chi connectivity index (χ3n) is 6.14. The summed E-state index contributed by atoms with van der Waals surface area (Å²) >= 11 is 0. The van der Waals surface area contributed by atoms with Crippen molar-refractivity contribution in [2.45, 2.75) is 64.6 Å². The van der Waals surface area contributed by atoms with E-state index in [9.17, 15) is 19.2 Å². The van der Waals surface area contributed by atoms with E-state index in [-0.39, 0.29) is 42.4 Å². The van der Waals surface area contributed by atoms with Gasteiger partial charge in [0.1, 0.15) is 6.04 Å². The molecule has 3 atom stereocenters. The smallest absolute Gasteiger partial charge is 0.409 e. The van der Waals surface area contributed by atoms with Crippen molar-refractivity contribution in [2.24, 2.45) is 0 Å². The SMILES string of the molecule is CCCCOC(=O)N1CC(C)N(CC(=O)Nc2cccc(NC3CCC(=O)NC3=O)c2)C(C)C1. The third kappa shape index (κ3) is 6.93. The van der Waals surface area contributed by atoms with Gasteiger partial charge < -0.3 is 20.3 Å². The number of carbonyl (C=O) groups excluding carboxylic acids is 4. The van der Waals surface area contributed by atoms with E-state index in [2.05, 4.69) is 20.9 Å². The molecule has 2 aliphatic heterocycles. The first kappa shape index (κ1) is 25.5. The topological polar surface area (TPSA) is 120 Å². The van der Waals surface area contributed by atoms with Gasteiger partial charge in [0, 0.05) is 43.0 Å². The summed E-state index contributed by atoms with van der Waals surface area (Å²) in [5, 5.41) is 8.36. The van der Waals surface area contributed by atoms with Crippen molar-refractivity contribution < 1.29 is 23.9 Å². The Morgan fingerprint density at radius 1 is 1.15 bits per heavy atom. The summed E-state index contributed by atoms with van der Waals surface area (Å²) in [4.78, 5) is 52.2. The highest BCUT2D eigenvalue weighted by atomic mass is 16.6. The van der Waals surface area contributed by atoms with E-state index < -0.39 is 6.04 Å². The van der Waals surface area contributed by atoms with Crippen LogP contribution in [0.2, 0.25) is 0 Å². The van der Waals surface area contributed by atoms with Gasteiger partial charge in [-0.15, -0.1) is 0 Å². The number of amides is 4. The highest BCUT2D eigenvalue weighted by molar-refractivity contribution is 6.01. The zero-order valence-corrected chi connectivity index (χ0v) is 20.1. The molecule has 3 unspecified atom stereocenters. The summed E-state index contributed by atoms with van der Waals surface area (Å²) in [5.41, 5.74) is 1.30. The Kier molecular flexibility index (Phi) is 8.86. The summed E-state index contributed by atoms with van der Waals surface area (Å²) in [6.45, 7) is 7.69. The molecule has 186 valence electrons. The van der Waals surface area contributed by atoms with Crippen molar-refractivity contribution in [3.05, 3.63) is 24.3 Å². The zero-order chi connectivity index (χ0) is 24.7. The van der Waals surface area contributed by atoms with Crippen LogP contribution in [0.1, 0.15) is 46.5 Å². The number of carbonyl (C=O) groups is 4. The predicted octanol–water partition coefficient (Wildman–Crippen LogP) is 2.17. The number of piperazine rings is 1. The highest BCUT2D eigenvalue weighted by Crippen LogP contribution is 2.20. The van der Waals surface area contributed by atoms with Crippen LogP contribution in [0.5, 0.6) is 0 Å². The van der Waals surface area contributed by atoms with Gasteiger partial charge in [0.15, 0.2) is 0 Å². The molecule has 2 saturated heterocycles. The summed E-state index contributed by atoms with van der Waals surface area (Å²) in [7, 11) is 0. The Hall–Kier alpha value is -3.14. The Balaban J connectivity index is 1.51. The standard InChI is InChI=1S/C24H35N5O5/c1-4-5-11-34-24(33)28-13-16(2)29(17(3)14-28)15-22(31)26-19-8-6-7-18(12-19)25-20-9-10-21(30)27-23(20)32/h6-8,12,16-17,20,25H,4-5,9-11,13-15H2,1-3H3,(H,26,31)(H,27,30,32). The molecule has 10 heteroatoms. The number of nitrogens with one attached hydrogen (secondary N) is 3. The fourth-order valence-electron chi connectivity index (χ4n) is 4.30. The van der Waals surface area contributed by atoms with Crippen LogP contribution < -0.4 is 16.0 Å². The zero-order valence-electron chi connectivity index (χ0n) is 20.1. The number of nitrogens with zero attached hydrogens (tertiary/aromatic N) is 2. The molecule has 0 radical (unpaired) electrons. The van der Waals surface area contributed by atoms with Gasteiger partial charge in [-0.1, -0.05) is 19.4 Å². The van der Waals surface area contributed by atoms with Gasteiger partial charge in [-0.05, 0) is 44.9 Å². The lowest BCUT2D eigenvalue weighted by atomic mass is 10.1. The molecule has 0 bridgehead atoms. The second-order valence-corrected chi connectivity index (χ2v) is 9.02. The lowest BCUT2D eigenvalue weighted by Gasteiger charge is -2.43. The van der Waals surface area contributed by atoms with E-state index in [1.165, 1.54) is 0 Å². The molecule has 3 N–H and O–H groups in total. The second-order valence-electron chi connectivity index (χ2n) is 9.02. The Bertz CT molecular complexity index is 895. The average Bonchev–Trinajstić information content (AvgIpc) is 2.78. The average molecular weight is 474 g/mol. The van der Waals surface area contributed by atoms with Crippen molar-refractivity contribution in [1.82, 2.24) is 15.1 Å². The highest BCUT2D eigenvalue weighted by Gasteiger charge is 2.33.